The standard InChI is InChI=1S/C25H33N3O4/c1-3-4-14-32-22-12-11-18(15-23(22)31-2)25(30)27-21-10-6-5-8-19(21)16-28-13-7-9-20(17-28)24(26)29/h5-6,8,10-12,15,20H,3-4,7,9,13-14,16-17H2,1-2H3,(H2,26,29)(H,27,30). The number of primary amides is 1. The van der Waals surface area contributed by atoms with Crippen LogP contribution < -0.4 is 20.5 Å². The Labute approximate surface area is 189 Å². The zero-order valence-electron chi connectivity index (χ0n) is 18.9. The van der Waals surface area contributed by atoms with Crippen LogP contribution in [-0.4, -0.2) is 43.5 Å². The van der Waals surface area contributed by atoms with Gasteiger partial charge in [-0.1, -0.05) is 31.5 Å². The summed E-state index contributed by atoms with van der Waals surface area (Å²) in [7, 11) is 1.57. The summed E-state index contributed by atoms with van der Waals surface area (Å²) < 4.78 is 11.2. The molecule has 1 heterocycles. The zero-order chi connectivity index (χ0) is 22.9. The smallest absolute Gasteiger partial charge is 0.255 e. The van der Waals surface area contributed by atoms with Crippen LogP contribution >= 0.6 is 0 Å². The molecule has 0 saturated carbocycles. The number of methoxy groups -OCH3 is 1. The van der Waals surface area contributed by atoms with Crippen molar-refractivity contribution in [1.82, 2.24) is 4.90 Å². The lowest BCUT2D eigenvalue weighted by atomic mass is 9.97. The molecule has 7 nitrogen and oxygen atoms in total. The van der Waals surface area contributed by atoms with Gasteiger partial charge in [-0.25, -0.2) is 0 Å². The molecule has 1 aliphatic rings. The molecule has 2 aromatic carbocycles. The summed E-state index contributed by atoms with van der Waals surface area (Å²) in [6, 6.07) is 12.9. The van der Waals surface area contributed by atoms with Crippen LogP contribution in [0.5, 0.6) is 11.5 Å². The van der Waals surface area contributed by atoms with E-state index in [0.29, 0.717) is 36.8 Å². The number of amides is 2. The molecule has 2 aromatic rings. The zero-order valence-corrected chi connectivity index (χ0v) is 18.9. The van der Waals surface area contributed by atoms with Crippen LogP contribution in [0.25, 0.3) is 0 Å². The van der Waals surface area contributed by atoms with Gasteiger partial charge >= 0.3 is 0 Å². The minimum absolute atomic E-state index is 0.115. The summed E-state index contributed by atoms with van der Waals surface area (Å²) in [5.41, 5.74) is 7.75. The number of nitrogens with zero attached hydrogens (tertiary/aromatic N) is 1. The third-order valence-electron chi connectivity index (χ3n) is 5.75. The number of benzene rings is 2. The van der Waals surface area contributed by atoms with Crippen LogP contribution in [0.4, 0.5) is 5.69 Å². The van der Waals surface area contributed by atoms with Crippen molar-refractivity contribution >= 4 is 17.5 Å². The predicted octanol–water partition coefficient (Wildman–Crippen LogP) is 3.82. The van der Waals surface area contributed by atoms with Gasteiger partial charge in [0.1, 0.15) is 0 Å². The summed E-state index contributed by atoms with van der Waals surface area (Å²) >= 11 is 0. The van der Waals surface area contributed by atoms with Crippen molar-refractivity contribution in [1.29, 1.82) is 0 Å². The summed E-state index contributed by atoms with van der Waals surface area (Å²) in [6.45, 7) is 4.91. The first-order valence-electron chi connectivity index (χ1n) is 11.2. The number of carbonyl (C=O) groups excluding carboxylic acids is 2. The van der Waals surface area contributed by atoms with E-state index in [2.05, 4.69) is 17.1 Å². The first kappa shape index (κ1) is 23.6. The van der Waals surface area contributed by atoms with Crippen molar-refractivity contribution in [2.24, 2.45) is 11.7 Å². The molecule has 3 N–H and O–H groups in total. The second kappa shape index (κ2) is 11.5. The average molecular weight is 440 g/mol. The molecule has 0 aliphatic carbocycles. The lowest BCUT2D eigenvalue weighted by Gasteiger charge is -2.31. The van der Waals surface area contributed by atoms with Crippen LogP contribution in [-0.2, 0) is 11.3 Å². The summed E-state index contributed by atoms with van der Waals surface area (Å²) in [5.74, 6) is 0.591. The molecule has 0 spiro atoms. The molecule has 2 amide bonds. The molecule has 3 rings (SSSR count). The van der Waals surface area contributed by atoms with E-state index in [1.54, 1.807) is 25.3 Å². The van der Waals surface area contributed by atoms with E-state index in [4.69, 9.17) is 15.2 Å². The van der Waals surface area contributed by atoms with E-state index in [9.17, 15) is 9.59 Å². The van der Waals surface area contributed by atoms with Crippen molar-refractivity contribution in [2.75, 3.05) is 32.1 Å². The fraction of sp³-hybridized carbons (Fsp3) is 0.440. The topological polar surface area (TPSA) is 93.9 Å². The number of hydrogen-bond acceptors (Lipinski definition) is 5. The number of likely N-dealkylation sites (tertiary alicyclic amines) is 1. The van der Waals surface area contributed by atoms with E-state index in [0.717, 1.165) is 43.5 Å². The normalized spacial score (nSPS) is 16.4. The lowest BCUT2D eigenvalue weighted by Crippen LogP contribution is -2.40. The van der Waals surface area contributed by atoms with Gasteiger partial charge in [0.25, 0.3) is 5.91 Å². The second-order valence-corrected chi connectivity index (χ2v) is 8.16. The Bertz CT molecular complexity index is 931. The number of piperidine rings is 1. The molecule has 1 atom stereocenters. The van der Waals surface area contributed by atoms with E-state index < -0.39 is 0 Å². The van der Waals surface area contributed by atoms with Crippen LogP contribution in [0.2, 0.25) is 0 Å². The predicted molar refractivity (Wildman–Crippen MR) is 125 cm³/mol. The van der Waals surface area contributed by atoms with E-state index in [-0.39, 0.29) is 17.7 Å². The second-order valence-electron chi connectivity index (χ2n) is 8.16. The third kappa shape index (κ3) is 6.23. The average Bonchev–Trinajstić information content (AvgIpc) is 2.80. The number of hydrogen-bond donors (Lipinski definition) is 2. The van der Waals surface area contributed by atoms with E-state index in [1.807, 2.05) is 24.3 Å². The van der Waals surface area contributed by atoms with Gasteiger partial charge in [0.15, 0.2) is 11.5 Å². The SMILES string of the molecule is CCCCOc1ccc(C(=O)Nc2ccccc2CN2CCCC(C(N)=O)C2)cc1OC. The largest absolute Gasteiger partial charge is 0.493 e. The van der Waals surface area contributed by atoms with Crippen LogP contribution in [0.1, 0.15) is 48.5 Å². The molecule has 172 valence electrons. The highest BCUT2D eigenvalue weighted by molar-refractivity contribution is 6.05. The summed E-state index contributed by atoms with van der Waals surface area (Å²) in [4.78, 5) is 26.8. The summed E-state index contributed by atoms with van der Waals surface area (Å²) in [6.07, 6.45) is 3.78. The van der Waals surface area contributed by atoms with Crippen LogP contribution in [0.3, 0.4) is 0 Å². The van der Waals surface area contributed by atoms with Gasteiger partial charge in [-0.15, -0.1) is 0 Å². The quantitative estimate of drug-likeness (QED) is 0.549. The molecule has 0 radical (unpaired) electrons. The van der Waals surface area contributed by atoms with Crippen LogP contribution in [0, 0.1) is 5.92 Å². The molecular formula is C25H33N3O4. The number of unbranched alkanes of at least 4 members (excludes halogenated alkanes) is 1. The first-order chi connectivity index (χ1) is 15.5. The summed E-state index contributed by atoms with van der Waals surface area (Å²) in [5, 5.41) is 3.02. The van der Waals surface area contributed by atoms with Crippen molar-refractivity contribution in [2.45, 2.75) is 39.2 Å². The molecule has 1 fully saturated rings. The highest BCUT2D eigenvalue weighted by atomic mass is 16.5. The Morgan fingerprint density at radius 1 is 1.19 bits per heavy atom. The Balaban J connectivity index is 1.69. The van der Waals surface area contributed by atoms with Gasteiger partial charge < -0.3 is 20.5 Å². The van der Waals surface area contributed by atoms with Crippen molar-refractivity contribution < 1.29 is 19.1 Å². The maximum Gasteiger partial charge on any atom is 0.255 e. The first-order valence-corrected chi connectivity index (χ1v) is 11.2. The third-order valence-corrected chi connectivity index (χ3v) is 5.75. The maximum atomic E-state index is 13.0. The van der Waals surface area contributed by atoms with Crippen molar-refractivity contribution in [3.63, 3.8) is 0 Å². The number of rotatable bonds is 10. The number of ether oxygens (including phenoxy) is 2. The molecule has 32 heavy (non-hydrogen) atoms. The van der Waals surface area contributed by atoms with E-state index >= 15 is 0 Å². The molecule has 1 saturated heterocycles. The van der Waals surface area contributed by atoms with Gasteiger partial charge in [-0.3, -0.25) is 14.5 Å². The minimum Gasteiger partial charge on any atom is -0.493 e. The highest BCUT2D eigenvalue weighted by Crippen LogP contribution is 2.29. The number of nitrogens with one attached hydrogen (secondary N) is 1. The molecule has 1 unspecified atom stereocenters. The van der Waals surface area contributed by atoms with E-state index in [1.165, 1.54) is 0 Å². The van der Waals surface area contributed by atoms with Gasteiger partial charge in [0, 0.05) is 24.3 Å². The van der Waals surface area contributed by atoms with Gasteiger partial charge in [0.05, 0.1) is 19.6 Å². The number of carbonyl (C=O) groups is 2. The molecule has 7 heteroatoms. The highest BCUT2D eigenvalue weighted by Gasteiger charge is 2.24. The number of anilines is 1. The maximum absolute atomic E-state index is 13.0. The fourth-order valence-corrected chi connectivity index (χ4v) is 3.90. The molecule has 0 bridgehead atoms. The lowest BCUT2D eigenvalue weighted by molar-refractivity contribution is -0.123. The Morgan fingerprint density at radius 2 is 2.00 bits per heavy atom. The van der Waals surface area contributed by atoms with Crippen molar-refractivity contribution in [3.8, 4) is 11.5 Å². The van der Waals surface area contributed by atoms with Crippen LogP contribution in [0.15, 0.2) is 42.5 Å². The number of nitrogens with two attached hydrogens (primary N) is 1. The molecule has 0 aromatic heterocycles. The molecular weight excluding hydrogens is 406 g/mol. The van der Waals surface area contributed by atoms with Gasteiger partial charge in [-0.05, 0) is 55.6 Å². The minimum atomic E-state index is -0.243. The van der Waals surface area contributed by atoms with Gasteiger partial charge in [-0.2, -0.15) is 0 Å². The Kier molecular flexibility index (Phi) is 8.50. The fourth-order valence-electron chi connectivity index (χ4n) is 3.90. The van der Waals surface area contributed by atoms with Crippen molar-refractivity contribution in [3.05, 3.63) is 53.6 Å². The monoisotopic (exact) mass is 439 g/mol. The Morgan fingerprint density at radius 3 is 2.75 bits per heavy atom. The van der Waals surface area contributed by atoms with Gasteiger partial charge in [0.2, 0.25) is 5.91 Å². The number of para-hydroxylation sites is 1. The molecule has 1 aliphatic heterocycles. The Hall–Kier alpha value is -3.06.